The summed E-state index contributed by atoms with van der Waals surface area (Å²) in [6.45, 7) is 1.38. The Hall–Kier alpha value is -2.90. The number of carboxylic acid groups (broad SMARTS) is 1. The number of Topliss-reactive ketones (excluding diaryl/α,β-unsaturated/α-hetero) is 1. The van der Waals surface area contributed by atoms with E-state index < -0.39 is 30.4 Å². The molecule has 8 nitrogen and oxygen atoms in total. The minimum absolute atomic E-state index is 0.170. The van der Waals surface area contributed by atoms with Gasteiger partial charge in [0.1, 0.15) is 6.04 Å². The van der Waals surface area contributed by atoms with E-state index in [0.29, 0.717) is 11.3 Å². The van der Waals surface area contributed by atoms with E-state index in [9.17, 15) is 19.2 Å². The van der Waals surface area contributed by atoms with Gasteiger partial charge in [-0.3, -0.25) is 9.59 Å². The number of carbonyl (C=O) groups excluding carboxylic acids is 3. The number of rotatable bonds is 6. The number of carbonyl (C=O) groups is 4. The highest BCUT2D eigenvalue weighted by Crippen LogP contribution is 2.11. The fourth-order valence-corrected chi connectivity index (χ4v) is 1.54. The predicted molar refractivity (Wildman–Crippen MR) is 73.8 cm³/mol. The molecule has 0 aliphatic carbocycles. The van der Waals surface area contributed by atoms with Gasteiger partial charge >= 0.3 is 12.0 Å². The maximum absolute atomic E-state index is 11.7. The van der Waals surface area contributed by atoms with Gasteiger partial charge < -0.3 is 21.5 Å². The Morgan fingerprint density at radius 3 is 2.48 bits per heavy atom. The second-order valence-corrected chi connectivity index (χ2v) is 4.30. The number of hydrogen-bond donors (Lipinski definition) is 4. The first-order valence-corrected chi connectivity index (χ1v) is 5.99. The first-order valence-electron chi connectivity index (χ1n) is 5.99. The van der Waals surface area contributed by atoms with Gasteiger partial charge in [-0.15, -0.1) is 0 Å². The lowest BCUT2D eigenvalue weighted by Crippen LogP contribution is -2.45. The standard InChI is InChI=1S/C13H15N3O5/c1-7(17)8-3-2-4-9(5-8)15-13(21)16-10(12(19)20)6-11(14)18/h2-5,10H,6H2,1H3,(H2,14,18)(H,19,20)(H2,15,16,21)/t10-/m1/s1. The second kappa shape index (κ2) is 7.04. The van der Waals surface area contributed by atoms with Crippen LogP contribution in [0.25, 0.3) is 0 Å². The summed E-state index contributed by atoms with van der Waals surface area (Å²) in [4.78, 5) is 44.5. The van der Waals surface area contributed by atoms with E-state index in [1.54, 1.807) is 12.1 Å². The lowest BCUT2D eigenvalue weighted by Gasteiger charge is -2.13. The van der Waals surface area contributed by atoms with Gasteiger partial charge in [-0.25, -0.2) is 9.59 Å². The number of ketones is 1. The van der Waals surface area contributed by atoms with E-state index in [0.717, 1.165) is 0 Å². The summed E-state index contributed by atoms with van der Waals surface area (Å²) >= 11 is 0. The molecular weight excluding hydrogens is 278 g/mol. The smallest absolute Gasteiger partial charge is 0.326 e. The zero-order valence-corrected chi connectivity index (χ0v) is 11.3. The summed E-state index contributed by atoms with van der Waals surface area (Å²) in [5.41, 5.74) is 5.63. The average Bonchev–Trinajstić information content (AvgIpc) is 2.37. The molecule has 0 bridgehead atoms. The number of primary amides is 1. The predicted octanol–water partition coefficient (Wildman–Crippen LogP) is 0.339. The number of carboxylic acids is 1. The summed E-state index contributed by atoms with van der Waals surface area (Å²) < 4.78 is 0. The SMILES string of the molecule is CC(=O)c1cccc(NC(=O)N[C@H](CC(N)=O)C(=O)O)c1. The average molecular weight is 293 g/mol. The fraction of sp³-hybridized carbons (Fsp3) is 0.231. The highest BCUT2D eigenvalue weighted by Gasteiger charge is 2.22. The molecule has 0 aromatic heterocycles. The van der Waals surface area contributed by atoms with Crippen molar-refractivity contribution >= 4 is 29.4 Å². The lowest BCUT2D eigenvalue weighted by molar-refractivity contribution is -0.140. The maximum atomic E-state index is 11.7. The molecule has 0 aliphatic heterocycles. The zero-order valence-electron chi connectivity index (χ0n) is 11.3. The Kier molecular flexibility index (Phi) is 5.41. The molecule has 0 heterocycles. The molecule has 3 amide bonds. The first-order chi connectivity index (χ1) is 9.79. The molecule has 0 aliphatic rings. The van der Waals surface area contributed by atoms with Gasteiger partial charge in [0.2, 0.25) is 5.91 Å². The third-order valence-corrected chi connectivity index (χ3v) is 2.54. The van der Waals surface area contributed by atoms with E-state index >= 15 is 0 Å². The molecule has 1 aromatic carbocycles. The van der Waals surface area contributed by atoms with Gasteiger partial charge in [0, 0.05) is 11.3 Å². The number of benzene rings is 1. The largest absolute Gasteiger partial charge is 0.480 e. The number of anilines is 1. The van der Waals surface area contributed by atoms with Crippen molar-refractivity contribution in [3.63, 3.8) is 0 Å². The summed E-state index contributed by atoms with van der Waals surface area (Å²) in [6.07, 6.45) is -0.518. The van der Waals surface area contributed by atoms with E-state index in [2.05, 4.69) is 10.6 Å². The van der Waals surface area contributed by atoms with Gasteiger partial charge in [-0.05, 0) is 19.1 Å². The number of nitrogens with two attached hydrogens (primary N) is 1. The Labute approximate surface area is 120 Å². The van der Waals surface area contributed by atoms with Crippen molar-refractivity contribution in [2.75, 3.05) is 5.32 Å². The lowest BCUT2D eigenvalue weighted by atomic mass is 10.1. The summed E-state index contributed by atoms with van der Waals surface area (Å²) in [5, 5.41) is 13.3. The van der Waals surface area contributed by atoms with Crippen molar-refractivity contribution < 1.29 is 24.3 Å². The number of nitrogens with one attached hydrogen (secondary N) is 2. The molecule has 8 heteroatoms. The van der Waals surface area contributed by atoms with Crippen LogP contribution in [0.5, 0.6) is 0 Å². The first kappa shape index (κ1) is 16.2. The number of hydrogen-bond acceptors (Lipinski definition) is 4. The molecule has 1 atom stereocenters. The van der Waals surface area contributed by atoms with Gasteiger partial charge in [0.05, 0.1) is 6.42 Å². The zero-order chi connectivity index (χ0) is 16.0. The minimum atomic E-state index is -1.42. The molecular formula is C13H15N3O5. The molecule has 0 fully saturated rings. The van der Waals surface area contributed by atoms with Gasteiger partial charge in [0.15, 0.2) is 5.78 Å². The van der Waals surface area contributed by atoms with Gasteiger partial charge in [0.25, 0.3) is 0 Å². The monoisotopic (exact) mass is 293 g/mol. The van der Waals surface area contributed by atoms with Crippen molar-refractivity contribution in [2.24, 2.45) is 5.73 Å². The van der Waals surface area contributed by atoms with E-state index in [-0.39, 0.29) is 5.78 Å². The van der Waals surface area contributed by atoms with Crippen LogP contribution in [0.2, 0.25) is 0 Å². The molecule has 0 radical (unpaired) electrons. The topological polar surface area (TPSA) is 139 Å². The van der Waals surface area contributed by atoms with E-state index in [4.69, 9.17) is 10.8 Å². The minimum Gasteiger partial charge on any atom is -0.480 e. The van der Waals surface area contributed by atoms with Crippen LogP contribution >= 0.6 is 0 Å². The van der Waals surface area contributed by atoms with Crippen LogP contribution in [-0.4, -0.2) is 34.8 Å². The fourth-order valence-electron chi connectivity index (χ4n) is 1.54. The molecule has 112 valence electrons. The Morgan fingerprint density at radius 1 is 1.29 bits per heavy atom. The van der Waals surface area contributed by atoms with Crippen molar-refractivity contribution in [1.29, 1.82) is 0 Å². The van der Waals surface area contributed by atoms with Crippen molar-refractivity contribution in [1.82, 2.24) is 5.32 Å². The van der Waals surface area contributed by atoms with Crippen molar-refractivity contribution in [2.45, 2.75) is 19.4 Å². The maximum Gasteiger partial charge on any atom is 0.326 e. The normalized spacial score (nSPS) is 11.3. The van der Waals surface area contributed by atoms with Crippen LogP contribution in [0.3, 0.4) is 0 Å². The second-order valence-electron chi connectivity index (χ2n) is 4.30. The van der Waals surface area contributed by atoms with Crippen LogP contribution in [0.1, 0.15) is 23.7 Å². The van der Waals surface area contributed by atoms with Crippen molar-refractivity contribution in [3.05, 3.63) is 29.8 Å². The molecule has 0 saturated heterocycles. The van der Waals surface area contributed by atoms with Crippen molar-refractivity contribution in [3.8, 4) is 0 Å². The molecule has 5 N–H and O–H groups in total. The Bertz CT molecular complexity index is 585. The molecule has 0 unspecified atom stereocenters. The number of aliphatic carboxylic acids is 1. The molecule has 0 spiro atoms. The van der Waals surface area contributed by atoms with Gasteiger partial charge in [-0.2, -0.15) is 0 Å². The number of urea groups is 1. The van der Waals surface area contributed by atoms with Crippen LogP contribution in [0.15, 0.2) is 24.3 Å². The third-order valence-electron chi connectivity index (χ3n) is 2.54. The third kappa shape index (κ3) is 5.31. The van der Waals surface area contributed by atoms with Crippen LogP contribution in [-0.2, 0) is 9.59 Å². The van der Waals surface area contributed by atoms with Crippen LogP contribution < -0.4 is 16.4 Å². The Morgan fingerprint density at radius 2 is 1.95 bits per heavy atom. The highest BCUT2D eigenvalue weighted by molar-refractivity contribution is 5.97. The Balaban J connectivity index is 2.72. The van der Waals surface area contributed by atoms with E-state index in [1.807, 2.05) is 0 Å². The van der Waals surface area contributed by atoms with Gasteiger partial charge in [-0.1, -0.05) is 12.1 Å². The summed E-state index contributed by atoms with van der Waals surface area (Å²) in [5.74, 6) is -2.39. The molecule has 1 rings (SSSR count). The van der Waals surface area contributed by atoms with Crippen LogP contribution in [0.4, 0.5) is 10.5 Å². The van der Waals surface area contributed by atoms with Crippen LogP contribution in [0, 0.1) is 0 Å². The molecule has 1 aromatic rings. The molecule has 0 saturated carbocycles. The highest BCUT2D eigenvalue weighted by atomic mass is 16.4. The summed E-state index contributed by atoms with van der Waals surface area (Å²) in [6, 6.07) is 3.91. The van der Waals surface area contributed by atoms with E-state index in [1.165, 1.54) is 19.1 Å². The summed E-state index contributed by atoms with van der Waals surface area (Å²) in [7, 11) is 0. The number of amides is 3. The molecule has 21 heavy (non-hydrogen) atoms. The quantitative estimate of drug-likeness (QED) is 0.560.